The van der Waals surface area contributed by atoms with E-state index in [9.17, 15) is 9.90 Å². The van der Waals surface area contributed by atoms with Crippen LogP contribution in [0.4, 0.5) is 0 Å². The lowest BCUT2D eigenvalue weighted by molar-refractivity contribution is -0.192. The molecule has 5 N–H and O–H groups in total. The van der Waals surface area contributed by atoms with Gasteiger partial charge in [-0.1, -0.05) is 65.5 Å². The van der Waals surface area contributed by atoms with Gasteiger partial charge in [-0.05, 0) is 119 Å². The minimum Gasteiger partial charge on any atom is -0.462 e. The molecule has 242 valence electrons. The van der Waals surface area contributed by atoms with E-state index in [-0.39, 0.29) is 23.5 Å². The molecular weight excluding hydrogens is 522 g/mol. The van der Waals surface area contributed by atoms with Crippen molar-refractivity contribution in [2.45, 2.75) is 143 Å². The maximum absolute atomic E-state index is 12.7. The number of ether oxygens (including phenoxy) is 1. The molecule has 0 aromatic carbocycles. The van der Waals surface area contributed by atoms with Gasteiger partial charge in [0.2, 0.25) is 0 Å². The van der Waals surface area contributed by atoms with E-state index in [2.05, 4.69) is 51.3 Å². The van der Waals surface area contributed by atoms with Crippen molar-refractivity contribution in [2.24, 2.45) is 46.2 Å². The summed E-state index contributed by atoms with van der Waals surface area (Å²) in [5.41, 5.74) is 6.50. The van der Waals surface area contributed by atoms with Crippen molar-refractivity contribution in [2.75, 3.05) is 26.2 Å². The smallest absolute Gasteiger partial charge is 0.302 e. The second-order valence-electron chi connectivity index (χ2n) is 15.6. The van der Waals surface area contributed by atoms with Crippen molar-refractivity contribution in [1.29, 1.82) is 0 Å². The van der Waals surface area contributed by atoms with Crippen molar-refractivity contribution in [3.05, 3.63) is 11.6 Å². The fraction of sp³-hybridized carbons (Fsp3) is 0.917. The first-order valence-electron chi connectivity index (χ1n) is 17.7. The zero-order chi connectivity index (χ0) is 30.5. The van der Waals surface area contributed by atoms with Crippen molar-refractivity contribution >= 4 is 5.97 Å². The first-order valence-corrected chi connectivity index (χ1v) is 17.7. The Morgan fingerprint density at radius 2 is 1.76 bits per heavy atom. The van der Waals surface area contributed by atoms with Gasteiger partial charge in [-0.2, -0.15) is 0 Å². The lowest BCUT2D eigenvalue weighted by atomic mass is 9.45. The first-order chi connectivity index (χ1) is 20.0. The van der Waals surface area contributed by atoms with Gasteiger partial charge in [0.05, 0.1) is 11.6 Å². The van der Waals surface area contributed by atoms with Crippen LogP contribution in [0.2, 0.25) is 0 Å². The molecule has 4 aliphatic carbocycles. The van der Waals surface area contributed by atoms with Crippen LogP contribution in [0, 0.1) is 40.4 Å². The third-order valence-corrected chi connectivity index (χ3v) is 12.5. The predicted molar refractivity (Wildman–Crippen MR) is 173 cm³/mol. The van der Waals surface area contributed by atoms with E-state index in [1.165, 1.54) is 51.9 Å². The molecule has 6 heteroatoms. The summed E-state index contributed by atoms with van der Waals surface area (Å²) in [5, 5.41) is 20.1. The SMILES string of the molecule is CC(=O)O[C@H]1CC[C@]2(C)[C@H]3CC[C@]4(C)[C@@H](C(C)CCCC(C)C)CC[C@H]4C3=C[C@@H](NCCCNCCCCN)[C@@]2(O)C1. The molecule has 0 aliphatic heterocycles. The van der Waals surface area contributed by atoms with Crippen LogP contribution in [0.15, 0.2) is 11.6 Å². The Hall–Kier alpha value is -0.950. The van der Waals surface area contributed by atoms with Crippen LogP contribution in [0.3, 0.4) is 0 Å². The summed E-state index contributed by atoms with van der Waals surface area (Å²) in [6.45, 7) is 17.3. The number of carbonyl (C=O) groups is 1. The number of aliphatic hydroxyl groups is 1. The molecule has 3 saturated carbocycles. The third kappa shape index (κ3) is 6.97. The van der Waals surface area contributed by atoms with E-state index in [1.54, 1.807) is 5.57 Å². The summed E-state index contributed by atoms with van der Waals surface area (Å²) in [5.74, 6) is 3.15. The Morgan fingerprint density at radius 1 is 1.00 bits per heavy atom. The highest BCUT2D eigenvalue weighted by molar-refractivity contribution is 5.66. The van der Waals surface area contributed by atoms with Crippen LogP contribution in [0.25, 0.3) is 0 Å². The molecule has 0 saturated heterocycles. The van der Waals surface area contributed by atoms with Crippen molar-refractivity contribution < 1.29 is 14.6 Å². The minimum absolute atomic E-state index is 0.116. The fourth-order valence-corrected chi connectivity index (χ4v) is 10.1. The van der Waals surface area contributed by atoms with Gasteiger partial charge in [0, 0.05) is 18.8 Å². The van der Waals surface area contributed by atoms with Gasteiger partial charge < -0.3 is 26.2 Å². The average Bonchev–Trinajstić information content (AvgIpc) is 3.28. The molecule has 9 atom stereocenters. The summed E-state index contributed by atoms with van der Waals surface area (Å²) < 4.78 is 5.73. The molecule has 3 fully saturated rings. The molecule has 0 radical (unpaired) electrons. The summed E-state index contributed by atoms with van der Waals surface area (Å²) >= 11 is 0. The predicted octanol–water partition coefficient (Wildman–Crippen LogP) is 6.36. The van der Waals surface area contributed by atoms with E-state index in [0.29, 0.717) is 23.7 Å². The molecule has 4 aliphatic rings. The molecule has 1 unspecified atom stereocenters. The molecular formula is C36H65N3O3. The Bertz CT molecular complexity index is 923. The number of fused-ring (bicyclic) bond motifs is 5. The lowest BCUT2D eigenvalue weighted by Gasteiger charge is -2.63. The topological polar surface area (TPSA) is 96.6 Å². The van der Waals surface area contributed by atoms with Gasteiger partial charge >= 0.3 is 5.97 Å². The zero-order valence-corrected chi connectivity index (χ0v) is 28.0. The molecule has 0 bridgehead atoms. The Morgan fingerprint density at radius 3 is 2.48 bits per heavy atom. The fourth-order valence-electron chi connectivity index (χ4n) is 10.1. The van der Waals surface area contributed by atoms with E-state index in [4.69, 9.17) is 10.5 Å². The highest BCUT2D eigenvalue weighted by atomic mass is 16.5. The highest BCUT2D eigenvalue weighted by Gasteiger charge is 2.65. The molecule has 0 spiro atoms. The van der Waals surface area contributed by atoms with Crippen LogP contribution in [0.1, 0.15) is 125 Å². The number of hydrogen-bond acceptors (Lipinski definition) is 6. The van der Waals surface area contributed by atoms with Gasteiger partial charge in [0.25, 0.3) is 0 Å². The summed E-state index contributed by atoms with van der Waals surface area (Å²) in [4.78, 5) is 11.9. The quantitative estimate of drug-likeness (QED) is 0.101. The van der Waals surface area contributed by atoms with E-state index >= 15 is 0 Å². The Kier molecular flexibility index (Phi) is 11.7. The summed E-state index contributed by atoms with van der Waals surface area (Å²) in [6, 6.07) is -0.116. The standard InChI is InChI=1S/C36H65N3O3/c1-25(2)11-9-12-26(3)30-13-14-31-29-23-33(39-22-10-21-38-20-8-7-19-37)36(41)24-28(42-27(4)40)15-18-35(36,6)32(29)16-17-34(30,31)5/h23,25-26,28,30-33,38-39,41H,7-22,24,37H2,1-6H3/t26?,28-,30+,31-,32-,33+,34+,35+,36-/m0/s1. The number of carbonyl (C=O) groups excluding carboxylic acids is 1. The molecule has 0 aromatic rings. The number of hydrogen-bond donors (Lipinski definition) is 4. The van der Waals surface area contributed by atoms with Crippen molar-refractivity contribution in [3.8, 4) is 0 Å². The highest BCUT2D eigenvalue weighted by Crippen LogP contribution is 2.67. The van der Waals surface area contributed by atoms with Crippen LogP contribution in [-0.4, -0.2) is 55.0 Å². The van der Waals surface area contributed by atoms with Crippen LogP contribution in [-0.2, 0) is 9.53 Å². The third-order valence-electron chi connectivity index (χ3n) is 12.5. The van der Waals surface area contributed by atoms with Crippen molar-refractivity contribution in [3.63, 3.8) is 0 Å². The second kappa shape index (κ2) is 14.4. The molecule has 42 heavy (non-hydrogen) atoms. The Labute approximate surface area is 257 Å². The van der Waals surface area contributed by atoms with E-state index in [1.807, 2.05) is 0 Å². The largest absolute Gasteiger partial charge is 0.462 e. The van der Waals surface area contributed by atoms with E-state index < -0.39 is 5.60 Å². The monoisotopic (exact) mass is 588 g/mol. The minimum atomic E-state index is -0.927. The van der Waals surface area contributed by atoms with Crippen LogP contribution in [0.5, 0.6) is 0 Å². The number of nitrogens with two attached hydrogens (primary N) is 1. The molecule has 0 heterocycles. The number of esters is 1. The molecule has 0 amide bonds. The van der Waals surface area contributed by atoms with Gasteiger partial charge in [0.1, 0.15) is 6.10 Å². The lowest BCUT2D eigenvalue weighted by Crippen LogP contribution is -2.68. The van der Waals surface area contributed by atoms with Gasteiger partial charge in [-0.25, -0.2) is 0 Å². The maximum Gasteiger partial charge on any atom is 0.302 e. The van der Waals surface area contributed by atoms with Gasteiger partial charge in [-0.15, -0.1) is 0 Å². The van der Waals surface area contributed by atoms with E-state index in [0.717, 1.165) is 76.0 Å². The summed E-state index contributed by atoms with van der Waals surface area (Å²) in [6.07, 6.45) is 16.9. The summed E-state index contributed by atoms with van der Waals surface area (Å²) in [7, 11) is 0. The van der Waals surface area contributed by atoms with Crippen molar-refractivity contribution in [1.82, 2.24) is 10.6 Å². The normalized spacial score (nSPS) is 38.4. The number of allylic oxidation sites excluding steroid dienone is 1. The average molecular weight is 588 g/mol. The first kappa shape index (κ1) is 33.9. The molecule has 6 nitrogen and oxygen atoms in total. The Balaban J connectivity index is 1.53. The number of rotatable bonds is 15. The maximum atomic E-state index is 12.7. The zero-order valence-electron chi connectivity index (χ0n) is 28.0. The molecule has 0 aromatic heterocycles. The van der Waals surface area contributed by atoms with Crippen LogP contribution < -0.4 is 16.4 Å². The van der Waals surface area contributed by atoms with Gasteiger partial charge in [-0.3, -0.25) is 4.79 Å². The van der Waals surface area contributed by atoms with Gasteiger partial charge in [0.15, 0.2) is 0 Å². The number of nitrogens with one attached hydrogen (secondary N) is 2. The second-order valence-corrected chi connectivity index (χ2v) is 15.6. The van der Waals surface area contributed by atoms with Crippen LogP contribution >= 0.6 is 0 Å². The molecule has 4 rings (SSSR count). The number of unbranched alkanes of at least 4 members (excludes halogenated alkanes) is 1.